The fourth-order valence-electron chi connectivity index (χ4n) is 5.37. The lowest BCUT2D eigenvalue weighted by Crippen LogP contribution is -2.19. The zero-order valence-corrected chi connectivity index (χ0v) is 29.5. The van der Waals surface area contributed by atoms with Crippen LogP contribution in [0.2, 0.25) is 0 Å². The van der Waals surface area contributed by atoms with Crippen LogP contribution in [0.4, 0.5) is 9.59 Å². The van der Waals surface area contributed by atoms with Crippen molar-refractivity contribution >= 4 is 12.3 Å². The SMILES string of the molecule is CC(C)(C)c1ccc(OC(=O)Oc2ccc(-c3ccc(C(C)(C)c4ccc(OC(=O)Oc5ccc(C(C)(C)C)cc5)cc4)cc3)cc2)cc1. The van der Waals surface area contributed by atoms with Crippen LogP contribution < -0.4 is 18.9 Å². The molecule has 0 fully saturated rings. The van der Waals surface area contributed by atoms with Crippen molar-refractivity contribution in [1.82, 2.24) is 0 Å². The van der Waals surface area contributed by atoms with Gasteiger partial charge < -0.3 is 18.9 Å². The third-order valence-electron chi connectivity index (χ3n) is 8.62. The van der Waals surface area contributed by atoms with Crippen LogP contribution in [0.5, 0.6) is 23.0 Å². The number of carbonyl (C=O) groups is 2. The van der Waals surface area contributed by atoms with Gasteiger partial charge in [0.15, 0.2) is 0 Å². The monoisotopic (exact) mass is 656 g/mol. The molecule has 6 nitrogen and oxygen atoms in total. The summed E-state index contributed by atoms with van der Waals surface area (Å²) in [7, 11) is 0. The fourth-order valence-corrected chi connectivity index (χ4v) is 5.37. The average Bonchev–Trinajstić information content (AvgIpc) is 3.05. The highest BCUT2D eigenvalue weighted by Gasteiger charge is 2.24. The summed E-state index contributed by atoms with van der Waals surface area (Å²) < 4.78 is 21.5. The second-order valence-corrected chi connectivity index (χ2v) is 14.7. The third-order valence-corrected chi connectivity index (χ3v) is 8.62. The first-order valence-electron chi connectivity index (χ1n) is 16.4. The van der Waals surface area contributed by atoms with Gasteiger partial charge in [-0.15, -0.1) is 0 Å². The van der Waals surface area contributed by atoms with E-state index in [-0.39, 0.29) is 16.2 Å². The molecule has 0 aromatic heterocycles. The topological polar surface area (TPSA) is 71.1 Å². The molecule has 0 spiro atoms. The molecule has 5 rings (SSSR count). The van der Waals surface area contributed by atoms with Crippen molar-refractivity contribution in [3.63, 3.8) is 0 Å². The second-order valence-electron chi connectivity index (χ2n) is 14.7. The lowest BCUT2D eigenvalue weighted by atomic mass is 9.78. The average molecular weight is 657 g/mol. The van der Waals surface area contributed by atoms with E-state index in [9.17, 15) is 9.59 Å². The number of benzene rings is 5. The van der Waals surface area contributed by atoms with Gasteiger partial charge in [-0.05, 0) is 92.7 Å². The summed E-state index contributed by atoms with van der Waals surface area (Å²) >= 11 is 0. The van der Waals surface area contributed by atoms with Crippen LogP contribution in [-0.4, -0.2) is 12.3 Å². The van der Waals surface area contributed by atoms with E-state index in [0.29, 0.717) is 23.0 Å². The van der Waals surface area contributed by atoms with Gasteiger partial charge in [-0.2, -0.15) is 0 Å². The molecule has 0 amide bonds. The van der Waals surface area contributed by atoms with Crippen molar-refractivity contribution in [3.05, 3.63) is 144 Å². The largest absolute Gasteiger partial charge is 0.519 e. The minimum atomic E-state index is -0.788. The molecule has 5 aromatic rings. The molecule has 49 heavy (non-hydrogen) atoms. The van der Waals surface area contributed by atoms with E-state index in [1.54, 1.807) is 48.5 Å². The molecule has 0 atom stereocenters. The Balaban J connectivity index is 1.16. The maximum Gasteiger partial charge on any atom is 0.519 e. The number of ether oxygens (including phenoxy) is 4. The molecule has 5 aromatic carbocycles. The van der Waals surface area contributed by atoms with E-state index in [2.05, 4.69) is 79.7 Å². The molecule has 252 valence electrons. The molecule has 0 saturated heterocycles. The molecule has 0 N–H and O–H groups in total. The van der Waals surface area contributed by atoms with Crippen LogP contribution in [0, 0.1) is 0 Å². The summed E-state index contributed by atoms with van der Waals surface area (Å²) in [5.41, 5.74) is 6.24. The first kappa shape index (κ1) is 35.0. The molecular weight excluding hydrogens is 612 g/mol. The van der Waals surface area contributed by atoms with E-state index in [4.69, 9.17) is 18.9 Å². The Kier molecular flexibility index (Phi) is 10.00. The Morgan fingerprint density at radius 1 is 0.347 bits per heavy atom. The summed E-state index contributed by atoms with van der Waals surface area (Å²) in [5, 5.41) is 0. The van der Waals surface area contributed by atoms with Crippen LogP contribution >= 0.6 is 0 Å². The second kappa shape index (κ2) is 14.0. The highest BCUT2D eigenvalue weighted by molar-refractivity contribution is 5.69. The standard InChI is InChI=1S/C43H44O6/c1-41(2,3)31-15-23-36(24-16-31)47-39(44)46-35-21-11-30(12-22-35)29-9-13-33(14-10-29)43(7,8)34-19-27-38(28-20-34)49-40(45)48-37-25-17-32(18-26-37)42(4,5)6/h9-28H,1-8H3. The highest BCUT2D eigenvalue weighted by Crippen LogP contribution is 2.34. The summed E-state index contributed by atoms with van der Waals surface area (Å²) in [6, 6.07) is 38.0. The Morgan fingerprint density at radius 3 is 0.857 bits per heavy atom. The summed E-state index contributed by atoms with van der Waals surface area (Å²) in [6.45, 7) is 17.1. The Hall–Kier alpha value is -5.36. The van der Waals surface area contributed by atoms with Crippen LogP contribution in [0.15, 0.2) is 121 Å². The molecule has 0 radical (unpaired) electrons. The van der Waals surface area contributed by atoms with Crippen molar-refractivity contribution in [2.24, 2.45) is 0 Å². The molecule has 0 bridgehead atoms. The van der Waals surface area contributed by atoms with Crippen molar-refractivity contribution in [2.75, 3.05) is 0 Å². The Bertz CT molecular complexity index is 1870. The van der Waals surface area contributed by atoms with E-state index in [1.165, 1.54) is 0 Å². The van der Waals surface area contributed by atoms with Gasteiger partial charge in [0.1, 0.15) is 23.0 Å². The molecule has 0 aliphatic rings. The molecule has 0 aliphatic heterocycles. The van der Waals surface area contributed by atoms with Crippen LogP contribution in [0.3, 0.4) is 0 Å². The van der Waals surface area contributed by atoms with Gasteiger partial charge in [0.2, 0.25) is 0 Å². The van der Waals surface area contributed by atoms with E-state index in [1.807, 2.05) is 48.5 Å². The fraction of sp³-hybridized carbons (Fsp3) is 0.256. The number of hydrogen-bond acceptors (Lipinski definition) is 6. The first-order valence-corrected chi connectivity index (χ1v) is 16.4. The molecular formula is C43H44O6. The van der Waals surface area contributed by atoms with Crippen molar-refractivity contribution in [1.29, 1.82) is 0 Å². The van der Waals surface area contributed by atoms with Crippen LogP contribution in [0.1, 0.15) is 77.6 Å². The quantitative estimate of drug-likeness (QED) is 0.128. The molecule has 0 aliphatic carbocycles. The first-order chi connectivity index (χ1) is 23.1. The maximum atomic E-state index is 12.4. The van der Waals surface area contributed by atoms with Crippen molar-refractivity contribution in [2.45, 2.75) is 71.6 Å². The van der Waals surface area contributed by atoms with Gasteiger partial charge in [-0.3, -0.25) is 0 Å². The van der Waals surface area contributed by atoms with Crippen LogP contribution in [-0.2, 0) is 16.2 Å². The van der Waals surface area contributed by atoms with Gasteiger partial charge in [0.05, 0.1) is 0 Å². The minimum absolute atomic E-state index is 0.0136. The Labute approximate surface area is 289 Å². The lowest BCUT2D eigenvalue weighted by Gasteiger charge is -2.26. The summed E-state index contributed by atoms with van der Waals surface area (Å²) in [5.74, 6) is 1.66. The van der Waals surface area contributed by atoms with Gasteiger partial charge >= 0.3 is 12.3 Å². The number of hydrogen-bond donors (Lipinski definition) is 0. The molecule has 0 unspecified atom stereocenters. The zero-order chi connectivity index (χ0) is 35.4. The van der Waals surface area contributed by atoms with E-state index < -0.39 is 12.3 Å². The predicted octanol–water partition coefficient (Wildman–Crippen LogP) is 11.4. The lowest BCUT2D eigenvalue weighted by molar-refractivity contribution is 0.150. The minimum Gasteiger partial charge on any atom is -0.395 e. The normalized spacial score (nSPS) is 11.8. The third kappa shape index (κ3) is 8.96. The van der Waals surface area contributed by atoms with Gasteiger partial charge in [0.25, 0.3) is 0 Å². The molecule has 0 saturated carbocycles. The smallest absolute Gasteiger partial charge is 0.395 e. The summed E-state index contributed by atoms with van der Waals surface area (Å²) in [6.07, 6.45) is -1.57. The maximum absolute atomic E-state index is 12.4. The van der Waals surface area contributed by atoms with Crippen molar-refractivity contribution < 1.29 is 28.5 Å². The Morgan fingerprint density at radius 2 is 0.571 bits per heavy atom. The van der Waals surface area contributed by atoms with Gasteiger partial charge in [0, 0.05) is 5.41 Å². The number of rotatable bonds is 7. The molecule has 6 heteroatoms. The van der Waals surface area contributed by atoms with Crippen LogP contribution in [0.25, 0.3) is 11.1 Å². The van der Waals surface area contributed by atoms with E-state index in [0.717, 1.165) is 33.4 Å². The van der Waals surface area contributed by atoms with Crippen molar-refractivity contribution in [3.8, 4) is 34.1 Å². The number of carbonyl (C=O) groups excluding carboxylic acids is 2. The zero-order valence-electron chi connectivity index (χ0n) is 29.5. The van der Waals surface area contributed by atoms with Gasteiger partial charge in [-0.25, -0.2) is 9.59 Å². The highest BCUT2D eigenvalue weighted by atomic mass is 16.7. The predicted molar refractivity (Wildman–Crippen MR) is 194 cm³/mol. The van der Waals surface area contributed by atoms with E-state index >= 15 is 0 Å². The molecule has 0 heterocycles. The van der Waals surface area contributed by atoms with Gasteiger partial charge in [-0.1, -0.05) is 128 Å². The summed E-state index contributed by atoms with van der Waals surface area (Å²) in [4.78, 5) is 24.8.